The number of benzene rings is 6. The molecule has 0 saturated carbocycles. The third-order valence-corrected chi connectivity index (χ3v) is 9.87. The van der Waals surface area contributed by atoms with E-state index in [4.69, 9.17) is 0 Å². The van der Waals surface area contributed by atoms with E-state index in [2.05, 4.69) is 112 Å². The fourth-order valence-corrected chi connectivity index (χ4v) is 7.54. The maximum atomic E-state index is 10.3. The van der Waals surface area contributed by atoms with Gasteiger partial charge in [-0.05, 0) is 89.5 Å². The Kier molecular flexibility index (Phi) is 6.96. The van der Waals surface area contributed by atoms with Crippen molar-refractivity contribution in [2.75, 3.05) is 0 Å². The molecule has 9 rings (SSSR count). The van der Waals surface area contributed by atoms with Gasteiger partial charge in [0.15, 0.2) is 0 Å². The first kappa shape index (κ1) is 29.7. The lowest BCUT2D eigenvalue weighted by molar-refractivity contribution is 1.17. The number of aromatic nitrogens is 2. The number of para-hydroxylation sites is 3. The topological polar surface area (TPSA) is 81.2 Å². The quantitative estimate of drug-likeness (QED) is 0.190. The van der Waals surface area contributed by atoms with Gasteiger partial charge in [0.1, 0.15) is 0 Å². The summed E-state index contributed by atoms with van der Waals surface area (Å²) in [4.78, 5) is 0. The van der Waals surface area contributed by atoms with Crippen molar-refractivity contribution in [1.82, 2.24) is 9.13 Å². The smallest absolute Gasteiger partial charge is 0.0991 e. The molecule has 236 valence electrons. The third kappa shape index (κ3) is 4.83. The first-order valence-corrected chi connectivity index (χ1v) is 16.7. The summed E-state index contributed by atoms with van der Waals surface area (Å²) < 4.78 is 4.49. The molecule has 0 radical (unpaired) electrons. The molecule has 0 spiro atoms. The van der Waals surface area contributed by atoms with Crippen molar-refractivity contribution in [2.45, 2.75) is 6.42 Å². The lowest BCUT2D eigenvalue weighted by atomic mass is 9.97. The molecule has 0 unspecified atom stereocenters. The Morgan fingerprint density at radius 3 is 1.71 bits per heavy atom. The maximum Gasteiger partial charge on any atom is 0.0991 e. The van der Waals surface area contributed by atoms with Crippen molar-refractivity contribution in [3.05, 3.63) is 180 Å². The van der Waals surface area contributed by atoms with E-state index in [-0.39, 0.29) is 0 Å². The molecule has 0 amide bonds. The van der Waals surface area contributed by atoms with Crippen molar-refractivity contribution in [3.8, 4) is 29.6 Å². The van der Waals surface area contributed by atoms with E-state index in [1.54, 1.807) is 0 Å². The number of rotatable bonds is 4. The minimum Gasteiger partial charge on any atom is -0.309 e. The summed E-state index contributed by atoms with van der Waals surface area (Å²) in [5, 5.41) is 34.3. The predicted octanol–water partition coefficient (Wildman–Crippen LogP) is 10.9. The molecule has 0 saturated heterocycles. The molecule has 5 heteroatoms. The SMILES string of the molecule is N#CC1=CC(c2cc(C#N)ccc2-n2c3ccccc3c3ccccc32)=CC=C(c2ccc(-n3c4ccccc4c4cc(C#N)ccc43)cc2)C1. The fraction of sp³-hybridized carbons (Fsp3) is 0.0217. The molecule has 2 aromatic heterocycles. The molecular formula is C46H27N5. The van der Waals surface area contributed by atoms with E-state index in [9.17, 15) is 15.8 Å². The first-order valence-electron chi connectivity index (χ1n) is 16.7. The normalized spacial score (nSPS) is 12.9. The van der Waals surface area contributed by atoms with Crippen LogP contribution in [0.1, 0.15) is 28.7 Å². The predicted molar refractivity (Wildman–Crippen MR) is 205 cm³/mol. The second-order valence-corrected chi connectivity index (χ2v) is 12.7. The fourth-order valence-electron chi connectivity index (χ4n) is 7.54. The summed E-state index contributed by atoms with van der Waals surface area (Å²) >= 11 is 0. The number of hydrogen-bond acceptors (Lipinski definition) is 3. The van der Waals surface area contributed by atoms with E-state index < -0.39 is 0 Å². The number of fused-ring (bicyclic) bond motifs is 6. The first-order chi connectivity index (χ1) is 25.1. The van der Waals surface area contributed by atoms with Crippen LogP contribution in [0.5, 0.6) is 0 Å². The maximum absolute atomic E-state index is 10.3. The number of allylic oxidation sites excluding steroid dienone is 6. The number of nitrogens with zero attached hydrogens (tertiary/aromatic N) is 5. The Balaban J connectivity index is 1.16. The monoisotopic (exact) mass is 649 g/mol. The summed E-state index contributed by atoms with van der Waals surface area (Å²) in [6, 6.07) is 52.1. The Bertz CT molecular complexity index is 2910. The van der Waals surface area contributed by atoms with E-state index in [0.29, 0.717) is 23.1 Å². The third-order valence-electron chi connectivity index (χ3n) is 9.87. The Morgan fingerprint density at radius 1 is 0.490 bits per heavy atom. The van der Waals surface area contributed by atoms with Crippen LogP contribution in [0.25, 0.3) is 66.1 Å². The summed E-state index contributed by atoms with van der Waals surface area (Å²) in [7, 11) is 0. The highest BCUT2D eigenvalue weighted by Gasteiger charge is 2.19. The van der Waals surface area contributed by atoms with E-state index in [1.165, 1.54) is 0 Å². The van der Waals surface area contributed by atoms with Crippen LogP contribution in [0.3, 0.4) is 0 Å². The standard InChI is InChI=1S/C46H27N5/c47-27-30-13-21-45(51-43-11-5-1-7-37(43)38-8-2-6-12-44(38)51)40(25-30)35-16-15-34(23-32(24-35)29-49)33-17-19-36(20-18-33)50-42-10-4-3-9-39(42)41-26-31(28-48)14-22-46(41)50/h1-22,24-26H,23H2. The zero-order valence-corrected chi connectivity index (χ0v) is 27.4. The molecule has 5 nitrogen and oxygen atoms in total. The molecule has 8 aromatic rings. The molecule has 6 aromatic carbocycles. The Hall–Kier alpha value is -7.39. The summed E-state index contributed by atoms with van der Waals surface area (Å²) in [6.07, 6.45) is 6.61. The largest absolute Gasteiger partial charge is 0.309 e. The average molecular weight is 650 g/mol. The zero-order chi connectivity index (χ0) is 34.5. The molecule has 51 heavy (non-hydrogen) atoms. The van der Waals surface area contributed by atoms with Crippen LogP contribution < -0.4 is 0 Å². The molecule has 1 aliphatic carbocycles. The molecule has 0 atom stereocenters. The molecule has 0 aliphatic heterocycles. The Labute approximate surface area is 294 Å². The van der Waals surface area contributed by atoms with Crippen molar-refractivity contribution in [2.24, 2.45) is 0 Å². The molecule has 0 bridgehead atoms. The van der Waals surface area contributed by atoms with Gasteiger partial charge in [-0.15, -0.1) is 0 Å². The van der Waals surface area contributed by atoms with Gasteiger partial charge in [0.2, 0.25) is 0 Å². The van der Waals surface area contributed by atoms with Crippen molar-refractivity contribution >= 4 is 54.8 Å². The van der Waals surface area contributed by atoms with Gasteiger partial charge in [-0.3, -0.25) is 0 Å². The molecule has 1 aliphatic rings. The van der Waals surface area contributed by atoms with Crippen LogP contribution in [-0.4, -0.2) is 9.13 Å². The van der Waals surface area contributed by atoms with Crippen LogP contribution in [0, 0.1) is 34.0 Å². The van der Waals surface area contributed by atoms with Crippen LogP contribution in [0.4, 0.5) is 0 Å². The lowest BCUT2D eigenvalue weighted by Gasteiger charge is -2.15. The lowest BCUT2D eigenvalue weighted by Crippen LogP contribution is -2.00. The molecule has 2 heterocycles. The minimum absolute atomic E-state index is 0.477. The van der Waals surface area contributed by atoms with E-state index >= 15 is 0 Å². The van der Waals surface area contributed by atoms with Gasteiger partial charge in [0, 0.05) is 44.8 Å². The molecule has 0 fully saturated rings. The van der Waals surface area contributed by atoms with Crippen molar-refractivity contribution in [1.29, 1.82) is 15.8 Å². The van der Waals surface area contributed by atoms with Crippen LogP contribution in [0.2, 0.25) is 0 Å². The van der Waals surface area contributed by atoms with E-state index in [1.807, 2.05) is 66.7 Å². The van der Waals surface area contributed by atoms with Gasteiger partial charge in [0.05, 0.1) is 57.1 Å². The highest BCUT2D eigenvalue weighted by atomic mass is 15.0. The summed E-state index contributed by atoms with van der Waals surface area (Å²) in [6.45, 7) is 0. The van der Waals surface area contributed by atoms with Crippen LogP contribution in [-0.2, 0) is 0 Å². The van der Waals surface area contributed by atoms with Crippen LogP contribution >= 0.6 is 0 Å². The van der Waals surface area contributed by atoms with Gasteiger partial charge in [0.25, 0.3) is 0 Å². The van der Waals surface area contributed by atoms with Gasteiger partial charge < -0.3 is 9.13 Å². The second kappa shape index (κ2) is 11.9. The highest BCUT2D eigenvalue weighted by Crippen LogP contribution is 2.38. The summed E-state index contributed by atoms with van der Waals surface area (Å²) in [5.74, 6) is 0. The Morgan fingerprint density at radius 2 is 1.06 bits per heavy atom. The highest BCUT2D eigenvalue weighted by molar-refractivity contribution is 6.10. The zero-order valence-electron chi connectivity index (χ0n) is 27.4. The average Bonchev–Trinajstić information content (AvgIpc) is 3.60. The van der Waals surface area contributed by atoms with Gasteiger partial charge in [-0.2, -0.15) is 15.8 Å². The van der Waals surface area contributed by atoms with Crippen LogP contribution in [0.15, 0.2) is 157 Å². The van der Waals surface area contributed by atoms with Crippen molar-refractivity contribution < 1.29 is 0 Å². The number of hydrogen-bond donors (Lipinski definition) is 0. The van der Waals surface area contributed by atoms with Gasteiger partial charge in [-0.25, -0.2) is 0 Å². The molecular weight excluding hydrogens is 623 g/mol. The van der Waals surface area contributed by atoms with Gasteiger partial charge >= 0.3 is 0 Å². The summed E-state index contributed by atoms with van der Waals surface area (Å²) in [5.41, 5.74) is 11.9. The van der Waals surface area contributed by atoms with Crippen molar-refractivity contribution in [3.63, 3.8) is 0 Å². The van der Waals surface area contributed by atoms with Gasteiger partial charge in [-0.1, -0.05) is 78.9 Å². The van der Waals surface area contributed by atoms with E-state index in [0.717, 1.165) is 77.3 Å². The number of nitriles is 3. The second-order valence-electron chi connectivity index (χ2n) is 12.7. The minimum atomic E-state index is 0.477. The molecule has 0 N–H and O–H groups in total.